The Morgan fingerprint density at radius 3 is 2.47 bits per heavy atom. The topological polar surface area (TPSA) is 12.9 Å². The molecule has 0 fully saturated rings. The van der Waals surface area contributed by atoms with E-state index in [1.807, 2.05) is 12.1 Å². The minimum Gasteiger partial charge on any atom is -0.265 e. The maximum absolute atomic E-state index is 13.0. The van der Waals surface area contributed by atoms with E-state index in [-0.39, 0.29) is 5.82 Å². The quantitative estimate of drug-likeness (QED) is 0.809. The summed E-state index contributed by atoms with van der Waals surface area (Å²) in [6.45, 7) is 0. The molecule has 2 aromatic rings. The molecular formula is C12H9BrFN. The molecule has 1 heterocycles. The highest BCUT2D eigenvalue weighted by molar-refractivity contribution is 9.10. The van der Waals surface area contributed by atoms with Gasteiger partial charge in [-0.3, -0.25) is 4.98 Å². The molecule has 1 aromatic heterocycles. The summed E-state index contributed by atoms with van der Waals surface area (Å²) >= 11 is 3.17. The number of nitrogens with zero attached hydrogens (tertiary/aromatic N) is 1. The van der Waals surface area contributed by atoms with Crippen LogP contribution in [-0.2, 0) is 6.42 Å². The number of aromatic nitrogens is 1. The lowest BCUT2D eigenvalue weighted by atomic mass is 10.1. The Labute approximate surface area is 96.1 Å². The second-order valence-corrected chi connectivity index (χ2v) is 4.14. The monoisotopic (exact) mass is 265 g/mol. The van der Waals surface area contributed by atoms with Crippen LogP contribution in [0.3, 0.4) is 0 Å². The molecule has 0 spiro atoms. The van der Waals surface area contributed by atoms with Crippen molar-refractivity contribution in [1.29, 1.82) is 0 Å². The lowest BCUT2D eigenvalue weighted by Crippen LogP contribution is -1.89. The van der Waals surface area contributed by atoms with Crippen LogP contribution in [0, 0.1) is 5.82 Å². The maximum Gasteiger partial charge on any atom is 0.137 e. The predicted octanol–water partition coefficient (Wildman–Crippen LogP) is 3.57. The summed E-state index contributed by atoms with van der Waals surface area (Å²) in [4.78, 5) is 3.95. The van der Waals surface area contributed by atoms with Crippen LogP contribution in [-0.4, -0.2) is 4.98 Å². The van der Waals surface area contributed by atoms with Crippen molar-refractivity contribution < 1.29 is 4.39 Å². The first-order valence-corrected chi connectivity index (χ1v) is 5.38. The zero-order chi connectivity index (χ0) is 10.7. The largest absolute Gasteiger partial charge is 0.265 e. The molecule has 0 atom stereocenters. The average Bonchev–Trinajstić information content (AvgIpc) is 2.25. The number of hydrogen-bond acceptors (Lipinski definition) is 1. The molecule has 0 radical (unpaired) electrons. The Hall–Kier alpha value is -1.22. The van der Waals surface area contributed by atoms with Crippen LogP contribution in [0.1, 0.15) is 11.1 Å². The molecule has 0 aliphatic rings. The van der Waals surface area contributed by atoms with E-state index in [9.17, 15) is 4.39 Å². The molecule has 15 heavy (non-hydrogen) atoms. The van der Waals surface area contributed by atoms with Gasteiger partial charge in [0, 0.05) is 12.4 Å². The number of rotatable bonds is 2. The van der Waals surface area contributed by atoms with Gasteiger partial charge in [0.2, 0.25) is 0 Å². The summed E-state index contributed by atoms with van der Waals surface area (Å²) in [5.74, 6) is -0.228. The third-order valence-electron chi connectivity index (χ3n) is 2.14. The molecule has 76 valence electrons. The summed E-state index contributed by atoms with van der Waals surface area (Å²) in [6, 6.07) is 8.98. The van der Waals surface area contributed by atoms with Crippen LogP contribution >= 0.6 is 15.9 Å². The number of pyridine rings is 1. The van der Waals surface area contributed by atoms with Gasteiger partial charge in [0.15, 0.2) is 0 Å². The maximum atomic E-state index is 13.0. The van der Waals surface area contributed by atoms with Crippen LogP contribution in [0.4, 0.5) is 4.39 Å². The van der Waals surface area contributed by atoms with E-state index >= 15 is 0 Å². The van der Waals surface area contributed by atoms with Crippen LogP contribution in [0.5, 0.6) is 0 Å². The fourth-order valence-electron chi connectivity index (χ4n) is 1.39. The van der Waals surface area contributed by atoms with Crippen molar-refractivity contribution in [1.82, 2.24) is 4.98 Å². The molecule has 2 rings (SSSR count). The SMILES string of the molecule is Fc1ccc(Cc2ccncc2)cc1Br. The third-order valence-corrected chi connectivity index (χ3v) is 2.75. The molecule has 1 aromatic carbocycles. The van der Waals surface area contributed by atoms with Gasteiger partial charge >= 0.3 is 0 Å². The zero-order valence-electron chi connectivity index (χ0n) is 7.95. The van der Waals surface area contributed by atoms with E-state index in [2.05, 4.69) is 20.9 Å². The number of benzene rings is 1. The Kier molecular flexibility index (Phi) is 3.11. The fraction of sp³-hybridized carbons (Fsp3) is 0.0833. The highest BCUT2D eigenvalue weighted by atomic mass is 79.9. The lowest BCUT2D eigenvalue weighted by Gasteiger charge is -2.02. The van der Waals surface area contributed by atoms with Gasteiger partial charge in [0.25, 0.3) is 0 Å². The van der Waals surface area contributed by atoms with Crippen molar-refractivity contribution in [2.75, 3.05) is 0 Å². The van der Waals surface area contributed by atoms with Crippen molar-refractivity contribution in [3.63, 3.8) is 0 Å². The first-order valence-electron chi connectivity index (χ1n) is 4.58. The Morgan fingerprint density at radius 2 is 1.80 bits per heavy atom. The second-order valence-electron chi connectivity index (χ2n) is 3.28. The standard InChI is InChI=1S/C12H9BrFN/c13-11-8-10(1-2-12(11)14)7-9-3-5-15-6-4-9/h1-6,8H,7H2. The summed E-state index contributed by atoms with van der Waals surface area (Å²) in [7, 11) is 0. The highest BCUT2D eigenvalue weighted by Crippen LogP contribution is 2.18. The molecule has 0 unspecified atom stereocenters. The third kappa shape index (κ3) is 2.63. The van der Waals surface area contributed by atoms with Crippen LogP contribution in [0.25, 0.3) is 0 Å². The molecule has 0 saturated heterocycles. The van der Waals surface area contributed by atoms with Gasteiger partial charge < -0.3 is 0 Å². The van der Waals surface area contributed by atoms with Crippen molar-refractivity contribution in [2.45, 2.75) is 6.42 Å². The molecule has 0 amide bonds. The molecule has 0 N–H and O–H groups in total. The normalized spacial score (nSPS) is 10.3. The van der Waals surface area contributed by atoms with Gasteiger partial charge in [-0.05, 0) is 57.7 Å². The van der Waals surface area contributed by atoms with E-state index in [1.54, 1.807) is 24.5 Å². The van der Waals surface area contributed by atoms with Crippen LogP contribution < -0.4 is 0 Å². The molecule has 0 aliphatic heterocycles. The van der Waals surface area contributed by atoms with Crippen LogP contribution in [0.2, 0.25) is 0 Å². The van der Waals surface area contributed by atoms with Gasteiger partial charge in [-0.1, -0.05) is 6.07 Å². The van der Waals surface area contributed by atoms with Crippen molar-refractivity contribution in [3.05, 3.63) is 64.1 Å². The molecular weight excluding hydrogens is 257 g/mol. The first kappa shape index (κ1) is 10.3. The average molecular weight is 266 g/mol. The van der Waals surface area contributed by atoms with E-state index in [0.29, 0.717) is 4.47 Å². The van der Waals surface area contributed by atoms with Gasteiger partial charge in [-0.2, -0.15) is 0 Å². The van der Waals surface area contributed by atoms with Gasteiger partial charge in [0.05, 0.1) is 4.47 Å². The van der Waals surface area contributed by atoms with E-state index < -0.39 is 0 Å². The Morgan fingerprint density at radius 1 is 1.07 bits per heavy atom. The fourth-order valence-corrected chi connectivity index (χ4v) is 1.81. The minimum absolute atomic E-state index is 0.228. The van der Waals surface area contributed by atoms with E-state index in [1.165, 1.54) is 11.6 Å². The smallest absolute Gasteiger partial charge is 0.137 e. The van der Waals surface area contributed by atoms with Crippen molar-refractivity contribution in [2.24, 2.45) is 0 Å². The Balaban J connectivity index is 2.22. The molecule has 0 bridgehead atoms. The molecule has 1 nitrogen and oxygen atoms in total. The van der Waals surface area contributed by atoms with Gasteiger partial charge in [-0.25, -0.2) is 4.39 Å². The predicted molar refractivity (Wildman–Crippen MR) is 61.1 cm³/mol. The summed E-state index contributed by atoms with van der Waals surface area (Å²) in [6.07, 6.45) is 4.31. The number of hydrogen-bond donors (Lipinski definition) is 0. The highest BCUT2D eigenvalue weighted by Gasteiger charge is 2.01. The minimum atomic E-state index is -0.228. The number of halogens is 2. The second kappa shape index (κ2) is 4.53. The molecule has 3 heteroatoms. The van der Waals surface area contributed by atoms with Gasteiger partial charge in [-0.15, -0.1) is 0 Å². The zero-order valence-corrected chi connectivity index (χ0v) is 9.54. The van der Waals surface area contributed by atoms with Crippen molar-refractivity contribution in [3.8, 4) is 0 Å². The molecule has 0 saturated carbocycles. The van der Waals surface area contributed by atoms with Crippen LogP contribution in [0.15, 0.2) is 47.2 Å². The summed E-state index contributed by atoms with van der Waals surface area (Å²) in [5, 5.41) is 0. The molecule has 0 aliphatic carbocycles. The lowest BCUT2D eigenvalue weighted by molar-refractivity contribution is 0.620. The van der Waals surface area contributed by atoms with E-state index in [4.69, 9.17) is 0 Å². The van der Waals surface area contributed by atoms with E-state index in [0.717, 1.165) is 12.0 Å². The summed E-state index contributed by atoms with van der Waals surface area (Å²) in [5.41, 5.74) is 2.25. The first-order chi connectivity index (χ1) is 7.25. The Bertz CT molecular complexity index is 456. The summed E-state index contributed by atoms with van der Waals surface area (Å²) < 4.78 is 13.5. The van der Waals surface area contributed by atoms with Crippen molar-refractivity contribution >= 4 is 15.9 Å². The van der Waals surface area contributed by atoms with Gasteiger partial charge in [0.1, 0.15) is 5.82 Å².